The van der Waals surface area contributed by atoms with Crippen molar-refractivity contribution < 1.29 is 0 Å². The summed E-state index contributed by atoms with van der Waals surface area (Å²) in [5, 5.41) is 8.18. The fraction of sp³-hybridized carbons (Fsp3) is 0.786. The molecule has 1 N–H and O–H groups in total. The summed E-state index contributed by atoms with van der Waals surface area (Å²) < 4.78 is 2.02. The summed E-state index contributed by atoms with van der Waals surface area (Å²) in [5.74, 6) is 0. The summed E-state index contributed by atoms with van der Waals surface area (Å²) in [5.41, 5.74) is 1.67. The van der Waals surface area contributed by atoms with Crippen molar-refractivity contribution in [3.05, 3.63) is 12.4 Å². The number of piperazine rings is 1. The van der Waals surface area contributed by atoms with E-state index in [1.165, 1.54) is 37.8 Å². The fourth-order valence-corrected chi connectivity index (χ4v) is 3.43. The summed E-state index contributed by atoms with van der Waals surface area (Å²) in [6, 6.07) is 0. The zero-order valence-corrected chi connectivity index (χ0v) is 11.4. The Morgan fingerprint density at radius 1 is 1.33 bits per heavy atom. The highest BCUT2D eigenvalue weighted by atomic mass is 15.3. The molecule has 1 aromatic heterocycles. The van der Waals surface area contributed by atoms with Gasteiger partial charge in [0, 0.05) is 37.9 Å². The van der Waals surface area contributed by atoms with E-state index in [0.717, 1.165) is 26.2 Å². The SMILES string of the molecule is CCn1cc(N2CCNC3(CCCCC3)C2)cn1. The van der Waals surface area contributed by atoms with Gasteiger partial charge in [0.05, 0.1) is 11.9 Å². The molecule has 3 rings (SSSR count). The molecule has 0 amide bonds. The molecule has 0 atom stereocenters. The zero-order chi connectivity index (χ0) is 12.4. The number of hydrogen-bond donors (Lipinski definition) is 1. The van der Waals surface area contributed by atoms with Crippen molar-refractivity contribution in [3.63, 3.8) is 0 Å². The number of aryl methyl sites for hydroxylation is 1. The van der Waals surface area contributed by atoms with Crippen LogP contribution in [0.1, 0.15) is 39.0 Å². The van der Waals surface area contributed by atoms with Crippen molar-refractivity contribution in [1.29, 1.82) is 0 Å². The van der Waals surface area contributed by atoms with Gasteiger partial charge in [0.25, 0.3) is 0 Å². The number of nitrogens with one attached hydrogen (secondary N) is 1. The maximum Gasteiger partial charge on any atom is 0.0753 e. The Balaban J connectivity index is 1.73. The van der Waals surface area contributed by atoms with Gasteiger partial charge in [-0.15, -0.1) is 0 Å². The lowest BCUT2D eigenvalue weighted by atomic mass is 9.80. The van der Waals surface area contributed by atoms with Crippen molar-refractivity contribution >= 4 is 5.69 Å². The Labute approximate surface area is 109 Å². The van der Waals surface area contributed by atoms with Crippen LogP contribution >= 0.6 is 0 Å². The van der Waals surface area contributed by atoms with E-state index in [0.29, 0.717) is 5.54 Å². The first kappa shape index (κ1) is 12.0. The second-order valence-electron chi connectivity index (χ2n) is 5.74. The Bertz CT molecular complexity index is 387. The van der Waals surface area contributed by atoms with Gasteiger partial charge in [-0.1, -0.05) is 19.3 Å². The molecule has 1 spiro atoms. The van der Waals surface area contributed by atoms with E-state index in [-0.39, 0.29) is 0 Å². The minimum absolute atomic E-state index is 0.380. The molecule has 4 heteroatoms. The molecule has 100 valence electrons. The highest BCUT2D eigenvalue weighted by Gasteiger charge is 2.36. The molecule has 18 heavy (non-hydrogen) atoms. The first-order valence-corrected chi connectivity index (χ1v) is 7.34. The fourth-order valence-electron chi connectivity index (χ4n) is 3.43. The van der Waals surface area contributed by atoms with Crippen LogP contribution in [0, 0.1) is 0 Å². The summed E-state index contributed by atoms with van der Waals surface area (Å²) in [6.45, 7) is 6.46. The second-order valence-corrected chi connectivity index (χ2v) is 5.74. The van der Waals surface area contributed by atoms with Crippen LogP contribution in [0.25, 0.3) is 0 Å². The van der Waals surface area contributed by atoms with Crippen molar-refractivity contribution in [2.75, 3.05) is 24.5 Å². The smallest absolute Gasteiger partial charge is 0.0753 e. The van der Waals surface area contributed by atoms with Crippen LogP contribution in [0.3, 0.4) is 0 Å². The van der Waals surface area contributed by atoms with Gasteiger partial charge >= 0.3 is 0 Å². The van der Waals surface area contributed by atoms with Crippen molar-refractivity contribution in [1.82, 2.24) is 15.1 Å². The molecule has 2 aliphatic rings. The number of nitrogens with zero attached hydrogens (tertiary/aromatic N) is 3. The normalized spacial score (nSPS) is 23.5. The van der Waals surface area contributed by atoms with Crippen LogP contribution in [0.15, 0.2) is 12.4 Å². The summed E-state index contributed by atoms with van der Waals surface area (Å²) >= 11 is 0. The standard InChI is InChI=1S/C14H24N4/c1-2-18-11-13(10-16-18)17-9-8-15-14(12-17)6-4-3-5-7-14/h10-11,15H,2-9,12H2,1H3. The van der Waals surface area contributed by atoms with E-state index in [1.807, 2.05) is 10.9 Å². The van der Waals surface area contributed by atoms with Crippen LogP contribution in [0.4, 0.5) is 5.69 Å². The van der Waals surface area contributed by atoms with E-state index in [9.17, 15) is 0 Å². The third kappa shape index (κ3) is 2.26. The summed E-state index contributed by atoms with van der Waals surface area (Å²) in [6.07, 6.45) is 11.1. The van der Waals surface area contributed by atoms with E-state index < -0.39 is 0 Å². The van der Waals surface area contributed by atoms with Crippen LogP contribution in [-0.2, 0) is 6.54 Å². The molecule has 2 fully saturated rings. The predicted molar refractivity (Wildman–Crippen MR) is 73.9 cm³/mol. The molecule has 1 saturated heterocycles. The van der Waals surface area contributed by atoms with Gasteiger partial charge in [-0.3, -0.25) is 4.68 Å². The molecule has 1 saturated carbocycles. The number of aromatic nitrogens is 2. The monoisotopic (exact) mass is 248 g/mol. The number of hydrogen-bond acceptors (Lipinski definition) is 3. The predicted octanol–water partition coefficient (Wildman–Crippen LogP) is 2.02. The van der Waals surface area contributed by atoms with Crippen molar-refractivity contribution in [3.8, 4) is 0 Å². The zero-order valence-electron chi connectivity index (χ0n) is 11.4. The summed E-state index contributed by atoms with van der Waals surface area (Å²) in [4.78, 5) is 2.51. The van der Waals surface area contributed by atoms with Gasteiger partial charge in [0.1, 0.15) is 0 Å². The van der Waals surface area contributed by atoms with Crippen molar-refractivity contribution in [2.24, 2.45) is 0 Å². The Kier molecular flexibility index (Phi) is 3.29. The second kappa shape index (κ2) is 4.92. The molecule has 0 aromatic carbocycles. The lowest BCUT2D eigenvalue weighted by molar-refractivity contribution is 0.216. The molecule has 4 nitrogen and oxygen atoms in total. The van der Waals surface area contributed by atoms with Gasteiger partial charge in [0.15, 0.2) is 0 Å². The molecule has 2 heterocycles. The van der Waals surface area contributed by atoms with Crippen LogP contribution < -0.4 is 10.2 Å². The van der Waals surface area contributed by atoms with Gasteiger partial charge < -0.3 is 10.2 Å². The quantitative estimate of drug-likeness (QED) is 0.869. The third-order valence-electron chi connectivity index (χ3n) is 4.49. The first-order valence-electron chi connectivity index (χ1n) is 7.34. The topological polar surface area (TPSA) is 33.1 Å². The first-order chi connectivity index (χ1) is 8.81. The highest BCUT2D eigenvalue weighted by molar-refractivity contribution is 5.44. The molecule has 0 radical (unpaired) electrons. The van der Waals surface area contributed by atoms with Gasteiger partial charge in [-0.05, 0) is 19.8 Å². The lowest BCUT2D eigenvalue weighted by Gasteiger charge is -2.46. The van der Waals surface area contributed by atoms with Crippen LogP contribution in [0.5, 0.6) is 0 Å². The van der Waals surface area contributed by atoms with E-state index in [4.69, 9.17) is 0 Å². The molecular weight excluding hydrogens is 224 g/mol. The number of anilines is 1. The molecule has 0 unspecified atom stereocenters. The van der Waals surface area contributed by atoms with Crippen LogP contribution in [-0.4, -0.2) is 35.0 Å². The lowest BCUT2D eigenvalue weighted by Crippen LogP contribution is -2.61. The maximum absolute atomic E-state index is 4.40. The van der Waals surface area contributed by atoms with Gasteiger partial charge in [-0.2, -0.15) is 5.10 Å². The third-order valence-corrected chi connectivity index (χ3v) is 4.49. The number of rotatable bonds is 2. The van der Waals surface area contributed by atoms with E-state index in [1.54, 1.807) is 0 Å². The molecule has 1 aromatic rings. The van der Waals surface area contributed by atoms with Crippen molar-refractivity contribution in [2.45, 2.75) is 51.1 Å². The Morgan fingerprint density at radius 2 is 2.17 bits per heavy atom. The average molecular weight is 248 g/mol. The molecule has 0 bridgehead atoms. The average Bonchev–Trinajstić information content (AvgIpc) is 2.88. The molecule has 1 aliphatic carbocycles. The highest BCUT2D eigenvalue weighted by Crippen LogP contribution is 2.32. The Hall–Kier alpha value is -1.03. The minimum Gasteiger partial charge on any atom is -0.366 e. The Morgan fingerprint density at radius 3 is 2.89 bits per heavy atom. The minimum atomic E-state index is 0.380. The molecule has 1 aliphatic heterocycles. The van der Waals surface area contributed by atoms with Gasteiger partial charge in [0.2, 0.25) is 0 Å². The summed E-state index contributed by atoms with van der Waals surface area (Å²) in [7, 11) is 0. The van der Waals surface area contributed by atoms with E-state index >= 15 is 0 Å². The van der Waals surface area contributed by atoms with Gasteiger partial charge in [-0.25, -0.2) is 0 Å². The van der Waals surface area contributed by atoms with E-state index in [2.05, 4.69) is 28.4 Å². The largest absolute Gasteiger partial charge is 0.366 e. The maximum atomic E-state index is 4.40. The van der Waals surface area contributed by atoms with Crippen LogP contribution in [0.2, 0.25) is 0 Å². The molecular formula is C14H24N4.